The summed E-state index contributed by atoms with van der Waals surface area (Å²) in [6, 6.07) is 68.9. The molecule has 1 spiro atoms. The SMILES string of the molecule is CC1(C)c2ccccc2C2(C3=C(C=C(c4cc5ccccc5c5ccccc45)CC3)c3c(-c4cc(-c5ccccc5)nc(-c5ccccc5)n4)cccc32)c2ccccc21. The third-order valence-electron chi connectivity index (χ3n) is 13.7. The lowest BCUT2D eigenvalue weighted by atomic mass is 9.54. The first-order chi connectivity index (χ1) is 29.5. The molecule has 8 aromatic carbocycles. The number of nitrogens with zero attached hydrogens (tertiary/aromatic N) is 2. The van der Waals surface area contributed by atoms with Crippen LogP contribution in [0.4, 0.5) is 0 Å². The van der Waals surface area contributed by atoms with Crippen LogP contribution >= 0.6 is 0 Å². The van der Waals surface area contributed by atoms with Crippen molar-refractivity contribution in [2.24, 2.45) is 0 Å². The number of hydrogen-bond donors (Lipinski definition) is 0. The molecule has 12 rings (SSSR count). The Hall–Kier alpha value is -7.16. The first-order valence-electron chi connectivity index (χ1n) is 21.2. The van der Waals surface area contributed by atoms with E-state index in [-0.39, 0.29) is 5.41 Å². The van der Waals surface area contributed by atoms with E-state index < -0.39 is 5.41 Å². The Morgan fingerprint density at radius 3 is 1.72 bits per heavy atom. The third kappa shape index (κ3) is 4.94. The standard InChI is InChI=1S/C58H42N2/c1-57(2)48-27-13-15-29-50(48)58(51-30-16-14-28-49(51)57)47-33-32-40(45-34-39-22-9-10-23-41(39)42-24-11-12-25-43(42)45)35-46(47)55-44(26-17-31-52(55)58)54-36-53(37-18-5-3-6-19-37)59-56(60-54)38-20-7-4-8-21-38/h3-31,34-36H,32-33H2,1-2H3. The van der Waals surface area contributed by atoms with Gasteiger partial charge >= 0.3 is 0 Å². The molecule has 2 heteroatoms. The highest BCUT2D eigenvalue weighted by Crippen LogP contribution is 2.64. The van der Waals surface area contributed by atoms with Crippen molar-refractivity contribution < 1.29 is 0 Å². The van der Waals surface area contributed by atoms with Crippen LogP contribution in [0.5, 0.6) is 0 Å². The van der Waals surface area contributed by atoms with Crippen molar-refractivity contribution in [2.75, 3.05) is 0 Å². The predicted molar refractivity (Wildman–Crippen MR) is 249 cm³/mol. The van der Waals surface area contributed by atoms with Crippen molar-refractivity contribution >= 4 is 32.7 Å². The van der Waals surface area contributed by atoms with Gasteiger partial charge in [-0.2, -0.15) is 0 Å². The van der Waals surface area contributed by atoms with E-state index in [0.29, 0.717) is 0 Å². The number of allylic oxidation sites excluding steroid dienone is 4. The Kier molecular flexibility index (Phi) is 7.65. The topological polar surface area (TPSA) is 25.8 Å². The fourth-order valence-corrected chi connectivity index (χ4v) is 11.1. The minimum absolute atomic E-state index is 0.166. The van der Waals surface area contributed by atoms with Gasteiger partial charge in [-0.05, 0) is 102 Å². The summed E-state index contributed by atoms with van der Waals surface area (Å²) in [5.74, 6) is 0.726. The quantitative estimate of drug-likeness (QED) is 0.167. The second kappa shape index (κ2) is 13.2. The second-order valence-corrected chi connectivity index (χ2v) is 17.1. The smallest absolute Gasteiger partial charge is 0.160 e. The van der Waals surface area contributed by atoms with Gasteiger partial charge in [0.2, 0.25) is 0 Å². The highest BCUT2D eigenvalue weighted by molar-refractivity contribution is 6.13. The summed E-state index contributed by atoms with van der Waals surface area (Å²) in [5, 5.41) is 5.18. The lowest BCUT2D eigenvalue weighted by molar-refractivity contribution is 0.550. The molecular formula is C58H42N2. The Labute approximate surface area is 351 Å². The fraction of sp³-hybridized carbons (Fsp3) is 0.103. The van der Waals surface area contributed by atoms with Crippen molar-refractivity contribution in [3.05, 3.63) is 239 Å². The molecule has 0 fully saturated rings. The van der Waals surface area contributed by atoms with Gasteiger partial charge in [-0.25, -0.2) is 9.97 Å². The van der Waals surface area contributed by atoms with Crippen molar-refractivity contribution in [1.82, 2.24) is 9.97 Å². The molecule has 0 bridgehead atoms. The van der Waals surface area contributed by atoms with E-state index >= 15 is 0 Å². The first-order valence-corrected chi connectivity index (χ1v) is 21.2. The largest absolute Gasteiger partial charge is 0.228 e. The molecule has 2 nitrogen and oxygen atoms in total. The molecule has 0 saturated heterocycles. The van der Waals surface area contributed by atoms with E-state index in [0.717, 1.165) is 46.7 Å². The molecule has 1 aromatic heterocycles. The zero-order valence-electron chi connectivity index (χ0n) is 33.8. The van der Waals surface area contributed by atoms with Gasteiger partial charge in [0.1, 0.15) is 0 Å². The maximum atomic E-state index is 5.46. The highest BCUT2D eigenvalue weighted by atomic mass is 14.9. The molecule has 0 aliphatic heterocycles. The van der Waals surface area contributed by atoms with E-state index in [9.17, 15) is 0 Å². The van der Waals surface area contributed by atoms with Gasteiger partial charge in [-0.1, -0.05) is 196 Å². The van der Waals surface area contributed by atoms with Crippen molar-refractivity contribution in [1.29, 1.82) is 0 Å². The maximum Gasteiger partial charge on any atom is 0.160 e. The van der Waals surface area contributed by atoms with Gasteiger partial charge in [0.15, 0.2) is 5.82 Å². The zero-order chi connectivity index (χ0) is 40.0. The Morgan fingerprint density at radius 2 is 1.00 bits per heavy atom. The average molecular weight is 767 g/mol. The molecule has 0 saturated carbocycles. The zero-order valence-corrected chi connectivity index (χ0v) is 33.8. The minimum Gasteiger partial charge on any atom is -0.228 e. The van der Waals surface area contributed by atoms with Crippen LogP contribution in [0, 0.1) is 0 Å². The summed E-state index contributed by atoms with van der Waals surface area (Å²) >= 11 is 0. The van der Waals surface area contributed by atoms with Crippen LogP contribution < -0.4 is 0 Å². The third-order valence-corrected chi connectivity index (χ3v) is 13.7. The monoisotopic (exact) mass is 766 g/mol. The Bertz CT molecular complexity index is 3170. The molecule has 284 valence electrons. The van der Waals surface area contributed by atoms with E-state index in [1.165, 1.54) is 77.2 Å². The number of hydrogen-bond acceptors (Lipinski definition) is 2. The van der Waals surface area contributed by atoms with E-state index in [1.807, 2.05) is 0 Å². The Balaban J connectivity index is 1.19. The fourth-order valence-electron chi connectivity index (χ4n) is 11.1. The molecule has 3 aliphatic rings. The van der Waals surface area contributed by atoms with Crippen molar-refractivity contribution in [2.45, 2.75) is 37.5 Å². The number of fused-ring (bicyclic) bond motifs is 11. The van der Waals surface area contributed by atoms with Crippen LogP contribution in [0.2, 0.25) is 0 Å². The molecule has 9 aromatic rings. The lowest BCUT2D eigenvalue weighted by Crippen LogP contribution is -2.41. The number of rotatable bonds is 4. The van der Waals surface area contributed by atoms with Gasteiger partial charge in [0.05, 0.1) is 16.8 Å². The van der Waals surface area contributed by atoms with Crippen molar-refractivity contribution in [3.8, 4) is 33.9 Å². The van der Waals surface area contributed by atoms with E-state index in [1.54, 1.807) is 0 Å². The van der Waals surface area contributed by atoms with Crippen LogP contribution in [0.3, 0.4) is 0 Å². The van der Waals surface area contributed by atoms with Gasteiger partial charge < -0.3 is 0 Å². The molecule has 0 unspecified atom stereocenters. The number of benzene rings is 8. The van der Waals surface area contributed by atoms with Crippen LogP contribution in [0.25, 0.3) is 66.6 Å². The normalized spacial score (nSPS) is 15.7. The average Bonchev–Trinajstić information content (AvgIpc) is 3.61. The molecule has 0 atom stereocenters. The van der Waals surface area contributed by atoms with Gasteiger partial charge in [0, 0.05) is 22.1 Å². The van der Waals surface area contributed by atoms with Gasteiger partial charge in [-0.15, -0.1) is 0 Å². The summed E-state index contributed by atoms with van der Waals surface area (Å²) in [6.45, 7) is 4.81. The number of aromatic nitrogens is 2. The van der Waals surface area contributed by atoms with Crippen LogP contribution in [0.15, 0.2) is 200 Å². The van der Waals surface area contributed by atoms with Crippen molar-refractivity contribution in [3.63, 3.8) is 0 Å². The van der Waals surface area contributed by atoms with Crippen LogP contribution in [0.1, 0.15) is 65.6 Å². The molecule has 0 radical (unpaired) electrons. The van der Waals surface area contributed by atoms with E-state index in [2.05, 4.69) is 208 Å². The maximum absolute atomic E-state index is 5.46. The van der Waals surface area contributed by atoms with Gasteiger partial charge in [-0.3, -0.25) is 0 Å². The lowest BCUT2D eigenvalue weighted by Gasteiger charge is -2.48. The Morgan fingerprint density at radius 1 is 0.433 bits per heavy atom. The summed E-state index contributed by atoms with van der Waals surface area (Å²) in [5.41, 5.74) is 18.1. The molecule has 0 N–H and O–H groups in total. The van der Waals surface area contributed by atoms with E-state index in [4.69, 9.17) is 9.97 Å². The molecule has 1 heterocycles. The molecule has 60 heavy (non-hydrogen) atoms. The molecule has 3 aliphatic carbocycles. The van der Waals surface area contributed by atoms with Crippen LogP contribution in [-0.4, -0.2) is 9.97 Å². The van der Waals surface area contributed by atoms with Crippen LogP contribution in [-0.2, 0) is 10.8 Å². The summed E-state index contributed by atoms with van der Waals surface area (Å²) in [7, 11) is 0. The molecular weight excluding hydrogens is 725 g/mol. The first kappa shape index (κ1) is 34.8. The minimum atomic E-state index is -0.464. The second-order valence-electron chi connectivity index (χ2n) is 17.1. The summed E-state index contributed by atoms with van der Waals surface area (Å²) in [6.07, 6.45) is 4.45. The van der Waals surface area contributed by atoms with Gasteiger partial charge in [0.25, 0.3) is 0 Å². The summed E-state index contributed by atoms with van der Waals surface area (Å²) in [4.78, 5) is 10.7. The predicted octanol–water partition coefficient (Wildman–Crippen LogP) is 14.4. The summed E-state index contributed by atoms with van der Waals surface area (Å²) < 4.78 is 0. The molecule has 0 amide bonds. The highest BCUT2D eigenvalue weighted by Gasteiger charge is 2.54.